The van der Waals surface area contributed by atoms with Crippen molar-refractivity contribution in [3.05, 3.63) is 54.1 Å². The van der Waals surface area contributed by atoms with E-state index >= 15 is 0 Å². The van der Waals surface area contributed by atoms with E-state index in [2.05, 4.69) is 10.6 Å². The number of urea groups is 1. The van der Waals surface area contributed by atoms with Crippen LogP contribution in [0.1, 0.15) is 24.3 Å². The Bertz CT molecular complexity index is 691. The van der Waals surface area contributed by atoms with Gasteiger partial charge in [-0.25, -0.2) is 4.79 Å². The minimum atomic E-state index is -0.313. The van der Waals surface area contributed by atoms with Gasteiger partial charge in [0.25, 0.3) is 0 Å². The average Bonchev–Trinajstić information content (AvgIpc) is 2.67. The molecule has 0 saturated heterocycles. The number of anilines is 1. The molecular formula is C20H26N2O4. The van der Waals surface area contributed by atoms with Crippen LogP contribution in [0, 0.1) is 0 Å². The molecule has 0 aliphatic carbocycles. The molecular weight excluding hydrogens is 332 g/mol. The number of ether oxygens (including phenoxy) is 2. The first-order chi connectivity index (χ1) is 12.7. The third-order valence-electron chi connectivity index (χ3n) is 4.18. The Kier molecular flexibility index (Phi) is 7.76. The standard InChI is InChI=1S/C20H26N2O4/c1-25-18-10-6-9-17(19(18)26-2)22-20(24)21-13-11-16(12-14-23)15-7-4-3-5-8-15/h3-10,16,23H,11-14H2,1-2H3,(H2,21,22,24). The lowest BCUT2D eigenvalue weighted by molar-refractivity contribution is 0.250. The summed E-state index contributed by atoms with van der Waals surface area (Å²) in [7, 11) is 3.08. The number of methoxy groups -OCH3 is 2. The van der Waals surface area contributed by atoms with Crippen LogP contribution in [0.4, 0.5) is 10.5 Å². The van der Waals surface area contributed by atoms with E-state index in [1.165, 1.54) is 12.7 Å². The van der Waals surface area contributed by atoms with E-state index in [0.717, 1.165) is 6.42 Å². The summed E-state index contributed by atoms with van der Waals surface area (Å²) >= 11 is 0. The van der Waals surface area contributed by atoms with Crippen molar-refractivity contribution in [2.45, 2.75) is 18.8 Å². The van der Waals surface area contributed by atoms with E-state index in [-0.39, 0.29) is 18.6 Å². The van der Waals surface area contributed by atoms with Gasteiger partial charge in [-0.05, 0) is 36.5 Å². The van der Waals surface area contributed by atoms with Crippen molar-refractivity contribution in [3.8, 4) is 11.5 Å². The average molecular weight is 358 g/mol. The first kappa shape index (κ1) is 19.6. The van der Waals surface area contributed by atoms with Gasteiger partial charge in [0.15, 0.2) is 11.5 Å². The maximum atomic E-state index is 12.2. The number of carbonyl (C=O) groups excluding carboxylic acids is 1. The van der Waals surface area contributed by atoms with E-state index in [4.69, 9.17) is 9.47 Å². The molecule has 0 radical (unpaired) electrons. The summed E-state index contributed by atoms with van der Waals surface area (Å²) in [6.45, 7) is 0.616. The van der Waals surface area contributed by atoms with Crippen LogP contribution in [-0.2, 0) is 0 Å². The van der Waals surface area contributed by atoms with Crippen LogP contribution in [-0.4, -0.2) is 38.5 Å². The monoisotopic (exact) mass is 358 g/mol. The van der Waals surface area contributed by atoms with Gasteiger partial charge in [0, 0.05) is 13.2 Å². The number of carbonyl (C=O) groups is 1. The quantitative estimate of drug-likeness (QED) is 0.642. The second-order valence-electron chi connectivity index (χ2n) is 5.83. The molecule has 1 atom stereocenters. The second-order valence-corrected chi connectivity index (χ2v) is 5.83. The highest BCUT2D eigenvalue weighted by atomic mass is 16.5. The topological polar surface area (TPSA) is 79.8 Å². The van der Waals surface area contributed by atoms with Gasteiger partial charge < -0.3 is 25.2 Å². The molecule has 0 spiro atoms. The van der Waals surface area contributed by atoms with Gasteiger partial charge in [-0.2, -0.15) is 0 Å². The summed E-state index contributed by atoms with van der Waals surface area (Å²) in [4.78, 5) is 12.2. The fourth-order valence-electron chi connectivity index (χ4n) is 2.87. The van der Waals surface area contributed by atoms with Crippen molar-refractivity contribution >= 4 is 11.7 Å². The second kappa shape index (κ2) is 10.3. The molecule has 0 aromatic heterocycles. The number of rotatable bonds is 9. The number of aliphatic hydroxyl groups is 1. The third kappa shape index (κ3) is 5.39. The van der Waals surface area contributed by atoms with Crippen LogP contribution in [0.2, 0.25) is 0 Å². The van der Waals surface area contributed by atoms with Crippen LogP contribution in [0.15, 0.2) is 48.5 Å². The maximum Gasteiger partial charge on any atom is 0.319 e. The Balaban J connectivity index is 1.90. The van der Waals surface area contributed by atoms with Crippen LogP contribution in [0.3, 0.4) is 0 Å². The highest BCUT2D eigenvalue weighted by Crippen LogP contribution is 2.34. The van der Waals surface area contributed by atoms with Crippen LogP contribution < -0.4 is 20.1 Å². The summed E-state index contributed by atoms with van der Waals surface area (Å²) in [6.07, 6.45) is 1.41. The van der Waals surface area contributed by atoms with Crippen molar-refractivity contribution in [1.82, 2.24) is 5.32 Å². The minimum absolute atomic E-state index is 0.118. The van der Waals surface area contributed by atoms with Crippen molar-refractivity contribution < 1.29 is 19.4 Å². The molecule has 0 heterocycles. The van der Waals surface area contributed by atoms with Crippen LogP contribution >= 0.6 is 0 Å². The Morgan fingerprint density at radius 3 is 2.46 bits per heavy atom. The number of benzene rings is 2. The third-order valence-corrected chi connectivity index (χ3v) is 4.18. The first-order valence-corrected chi connectivity index (χ1v) is 8.61. The summed E-state index contributed by atoms with van der Waals surface area (Å²) < 4.78 is 10.5. The summed E-state index contributed by atoms with van der Waals surface area (Å²) in [5, 5.41) is 14.9. The molecule has 3 N–H and O–H groups in total. The van der Waals surface area contributed by atoms with Crippen LogP contribution in [0.25, 0.3) is 0 Å². The molecule has 6 heteroatoms. The number of amides is 2. The van der Waals surface area contributed by atoms with Crippen LogP contribution in [0.5, 0.6) is 11.5 Å². The van der Waals surface area contributed by atoms with Crippen molar-refractivity contribution in [3.63, 3.8) is 0 Å². The van der Waals surface area contributed by atoms with Gasteiger partial charge in [-0.3, -0.25) is 0 Å². The Morgan fingerprint density at radius 2 is 1.81 bits per heavy atom. The SMILES string of the molecule is COc1cccc(NC(=O)NCCC(CCO)c2ccccc2)c1OC. The molecule has 2 aromatic carbocycles. The zero-order valence-corrected chi connectivity index (χ0v) is 15.2. The molecule has 0 saturated carbocycles. The number of aliphatic hydroxyl groups excluding tert-OH is 1. The Morgan fingerprint density at radius 1 is 1.04 bits per heavy atom. The lowest BCUT2D eigenvalue weighted by Crippen LogP contribution is -2.30. The van der Waals surface area contributed by atoms with E-state index in [1.54, 1.807) is 25.3 Å². The summed E-state index contributed by atoms with van der Waals surface area (Å²) in [5.74, 6) is 1.23. The van der Waals surface area contributed by atoms with E-state index < -0.39 is 0 Å². The van der Waals surface area contributed by atoms with Gasteiger partial charge in [-0.15, -0.1) is 0 Å². The Hall–Kier alpha value is -2.73. The number of hydrogen-bond acceptors (Lipinski definition) is 4. The zero-order valence-electron chi connectivity index (χ0n) is 15.2. The van der Waals surface area contributed by atoms with Crippen molar-refractivity contribution in [2.75, 3.05) is 32.7 Å². The first-order valence-electron chi connectivity index (χ1n) is 8.61. The van der Waals surface area contributed by atoms with Gasteiger partial charge in [0.05, 0.1) is 19.9 Å². The molecule has 140 valence electrons. The van der Waals surface area contributed by atoms with E-state index in [9.17, 15) is 9.90 Å². The molecule has 0 bridgehead atoms. The zero-order chi connectivity index (χ0) is 18.8. The largest absolute Gasteiger partial charge is 0.493 e. The van der Waals surface area contributed by atoms with E-state index in [1.807, 2.05) is 30.3 Å². The molecule has 0 aliphatic heterocycles. The normalized spacial score (nSPS) is 11.5. The molecule has 6 nitrogen and oxygen atoms in total. The van der Waals surface area contributed by atoms with Gasteiger partial charge in [-0.1, -0.05) is 36.4 Å². The summed E-state index contributed by atoms with van der Waals surface area (Å²) in [5.41, 5.74) is 1.71. The number of para-hydroxylation sites is 1. The van der Waals surface area contributed by atoms with Gasteiger partial charge in [0.1, 0.15) is 0 Å². The van der Waals surface area contributed by atoms with Crippen molar-refractivity contribution in [2.24, 2.45) is 0 Å². The highest BCUT2D eigenvalue weighted by molar-refractivity contribution is 5.91. The maximum absolute atomic E-state index is 12.2. The fourth-order valence-corrected chi connectivity index (χ4v) is 2.87. The minimum Gasteiger partial charge on any atom is -0.493 e. The molecule has 0 fully saturated rings. The molecule has 1 unspecified atom stereocenters. The van der Waals surface area contributed by atoms with Crippen molar-refractivity contribution in [1.29, 1.82) is 0 Å². The van der Waals surface area contributed by atoms with Gasteiger partial charge in [0.2, 0.25) is 0 Å². The lowest BCUT2D eigenvalue weighted by Gasteiger charge is -2.17. The molecule has 2 rings (SSSR count). The smallest absolute Gasteiger partial charge is 0.319 e. The molecule has 2 amide bonds. The fraction of sp³-hybridized carbons (Fsp3) is 0.350. The Labute approximate surface area is 154 Å². The number of hydrogen-bond donors (Lipinski definition) is 3. The predicted octanol–water partition coefficient (Wildman–Crippen LogP) is 3.38. The molecule has 0 aliphatic rings. The molecule has 26 heavy (non-hydrogen) atoms. The molecule has 2 aromatic rings. The predicted molar refractivity (Wildman–Crippen MR) is 102 cm³/mol. The van der Waals surface area contributed by atoms with E-state index in [0.29, 0.717) is 30.2 Å². The number of nitrogens with one attached hydrogen (secondary N) is 2. The summed E-state index contributed by atoms with van der Waals surface area (Å²) in [6, 6.07) is 15.0. The lowest BCUT2D eigenvalue weighted by atomic mass is 9.93. The van der Waals surface area contributed by atoms with Gasteiger partial charge >= 0.3 is 6.03 Å². The highest BCUT2D eigenvalue weighted by Gasteiger charge is 2.14.